The molecule has 1 fully saturated rings. The molecule has 8 heteroatoms. The van der Waals surface area contributed by atoms with Crippen LogP contribution in [0.3, 0.4) is 0 Å². The number of primary amides is 1. The lowest BCUT2D eigenvalue weighted by Crippen LogP contribution is -2.42. The van der Waals surface area contributed by atoms with Crippen molar-refractivity contribution in [3.63, 3.8) is 0 Å². The third kappa shape index (κ3) is 3.74. The maximum atomic E-state index is 12.7. The highest BCUT2D eigenvalue weighted by molar-refractivity contribution is 6.03. The zero-order valence-electron chi connectivity index (χ0n) is 14.5. The van der Waals surface area contributed by atoms with E-state index in [1.54, 1.807) is 37.4 Å². The number of para-hydroxylation sites is 1. The summed E-state index contributed by atoms with van der Waals surface area (Å²) in [5, 5.41) is 7.06. The predicted octanol–water partition coefficient (Wildman–Crippen LogP) is 0.734. The van der Waals surface area contributed by atoms with Crippen molar-refractivity contribution >= 4 is 23.3 Å². The number of anilines is 2. The van der Waals surface area contributed by atoms with Crippen molar-refractivity contribution in [1.29, 1.82) is 0 Å². The number of hydrogen-bond donors (Lipinski definition) is 2. The summed E-state index contributed by atoms with van der Waals surface area (Å²) in [4.78, 5) is 37.7. The van der Waals surface area contributed by atoms with E-state index >= 15 is 0 Å². The Morgan fingerprint density at radius 3 is 2.73 bits per heavy atom. The highest BCUT2D eigenvalue weighted by Crippen LogP contribution is 2.23. The highest BCUT2D eigenvalue weighted by Gasteiger charge is 2.27. The second-order valence-electron chi connectivity index (χ2n) is 6.34. The molecule has 2 amide bonds. The largest absolute Gasteiger partial charge is 0.366 e. The molecule has 1 atom stereocenters. The summed E-state index contributed by atoms with van der Waals surface area (Å²) in [5.74, 6) is -0.320. The third-order valence-corrected chi connectivity index (χ3v) is 4.51. The third-order valence-electron chi connectivity index (χ3n) is 4.51. The van der Waals surface area contributed by atoms with E-state index in [4.69, 9.17) is 5.73 Å². The van der Waals surface area contributed by atoms with Crippen LogP contribution in [-0.4, -0.2) is 34.7 Å². The van der Waals surface area contributed by atoms with Gasteiger partial charge in [-0.25, -0.2) is 4.68 Å². The maximum absolute atomic E-state index is 12.7. The van der Waals surface area contributed by atoms with E-state index in [0.717, 1.165) is 19.4 Å². The number of nitrogens with one attached hydrogen (secondary N) is 1. The van der Waals surface area contributed by atoms with E-state index in [2.05, 4.69) is 10.4 Å². The molecule has 0 radical (unpaired) electrons. The molecule has 2 aromatic rings. The molecule has 1 aromatic carbocycles. The Bertz CT molecular complexity index is 892. The molecule has 2 heterocycles. The Morgan fingerprint density at radius 2 is 2.00 bits per heavy atom. The van der Waals surface area contributed by atoms with Gasteiger partial charge in [0.2, 0.25) is 5.91 Å². The first-order valence-electron chi connectivity index (χ1n) is 8.44. The van der Waals surface area contributed by atoms with Gasteiger partial charge in [0.15, 0.2) is 0 Å². The van der Waals surface area contributed by atoms with Crippen LogP contribution in [-0.2, 0) is 11.8 Å². The van der Waals surface area contributed by atoms with E-state index in [1.807, 2.05) is 4.90 Å². The van der Waals surface area contributed by atoms with E-state index in [1.165, 1.54) is 10.7 Å². The van der Waals surface area contributed by atoms with E-state index in [-0.39, 0.29) is 22.9 Å². The van der Waals surface area contributed by atoms with E-state index < -0.39 is 5.91 Å². The molecule has 1 aliphatic rings. The van der Waals surface area contributed by atoms with Crippen molar-refractivity contribution in [2.45, 2.75) is 12.8 Å². The Kier molecular flexibility index (Phi) is 5.01. The number of hydrogen-bond acceptors (Lipinski definition) is 5. The molecular formula is C18H21N5O3. The minimum absolute atomic E-state index is 0.159. The van der Waals surface area contributed by atoms with Crippen molar-refractivity contribution in [2.75, 3.05) is 23.3 Å². The van der Waals surface area contributed by atoms with Crippen LogP contribution in [0.2, 0.25) is 0 Å². The Labute approximate surface area is 150 Å². The van der Waals surface area contributed by atoms with Crippen molar-refractivity contribution in [3.05, 3.63) is 52.3 Å². The van der Waals surface area contributed by atoms with Gasteiger partial charge in [-0.2, -0.15) is 5.10 Å². The molecule has 0 bridgehead atoms. The first-order valence-corrected chi connectivity index (χ1v) is 8.44. The maximum Gasteiger partial charge on any atom is 0.266 e. The number of nitrogens with two attached hydrogens (primary N) is 1. The SMILES string of the molecule is Cn1nc(N2CCCC(C(=O)Nc3ccccc3C(N)=O)C2)ccc1=O. The molecule has 0 aliphatic carbocycles. The van der Waals surface area contributed by atoms with Crippen molar-refractivity contribution in [1.82, 2.24) is 9.78 Å². The topological polar surface area (TPSA) is 110 Å². The molecular weight excluding hydrogens is 334 g/mol. The van der Waals surface area contributed by atoms with E-state index in [9.17, 15) is 14.4 Å². The van der Waals surface area contributed by atoms with Crippen LogP contribution in [0.4, 0.5) is 11.5 Å². The summed E-state index contributed by atoms with van der Waals surface area (Å²) in [6.07, 6.45) is 1.58. The first-order chi connectivity index (χ1) is 12.5. The Hall–Kier alpha value is -3.16. The summed E-state index contributed by atoms with van der Waals surface area (Å²) in [5.41, 5.74) is 5.89. The van der Waals surface area contributed by atoms with Gasteiger partial charge in [0, 0.05) is 26.2 Å². The average molecular weight is 355 g/mol. The molecule has 1 saturated heterocycles. The second kappa shape index (κ2) is 7.38. The minimum Gasteiger partial charge on any atom is -0.366 e. The zero-order valence-corrected chi connectivity index (χ0v) is 14.5. The van der Waals surface area contributed by atoms with Crippen LogP contribution in [0.5, 0.6) is 0 Å². The number of carbonyl (C=O) groups is 2. The zero-order chi connectivity index (χ0) is 18.7. The molecule has 1 unspecified atom stereocenters. The Morgan fingerprint density at radius 1 is 1.23 bits per heavy atom. The fourth-order valence-corrected chi connectivity index (χ4v) is 3.10. The Balaban J connectivity index is 1.73. The molecule has 1 aromatic heterocycles. The van der Waals surface area contributed by atoms with Gasteiger partial charge in [-0.1, -0.05) is 12.1 Å². The molecule has 8 nitrogen and oxygen atoms in total. The number of amides is 2. The van der Waals surface area contributed by atoms with Crippen molar-refractivity contribution in [2.24, 2.45) is 18.7 Å². The summed E-state index contributed by atoms with van der Waals surface area (Å²) < 4.78 is 1.28. The molecule has 0 saturated carbocycles. The number of carbonyl (C=O) groups excluding carboxylic acids is 2. The number of nitrogens with zero attached hydrogens (tertiary/aromatic N) is 3. The molecule has 0 spiro atoms. The molecule has 1 aliphatic heterocycles. The highest BCUT2D eigenvalue weighted by atomic mass is 16.2. The monoisotopic (exact) mass is 355 g/mol. The number of rotatable bonds is 4. The predicted molar refractivity (Wildman–Crippen MR) is 98.0 cm³/mol. The lowest BCUT2D eigenvalue weighted by atomic mass is 9.96. The molecule has 26 heavy (non-hydrogen) atoms. The lowest BCUT2D eigenvalue weighted by molar-refractivity contribution is -0.120. The number of benzene rings is 1. The lowest BCUT2D eigenvalue weighted by Gasteiger charge is -2.32. The summed E-state index contributed by atoms with van der Waals surface area (Å²) >= 11 is 0. The summed E-state index contributed by atoms with van der Waals surface area (Å²) in [7, 11) is 1.60. The van der Waals surface area contributed by atoms with Crippen molar-refractivity contribution < 1.29 is 9.59 Å². The molecule has 3 N–H and O–H groups in total. The van der Waals surface area contributed by atoms with Crippen LogP contribution >= 0.6 is 0 Å². The van der Waals surface area contributed by atoms with E-state index in [0.29, 0.717) is 18.1 Å². The van der Waals surface area contributed by atoms with Crippen LogP contribution < -0.4 is 21.5 Å². The summed E-state index contributed by atoms with van der Waals surface area (Å²) in [6.45, 7) is 1.27. The van der Waals surface area contributed by atoms with Gasteiger partial charge in [0.1, 0.15) is 5.82 Å². The fourth-order valence-electron chi connectivity index (χ4n) is 3.10. The van der Waals surface area contributed by atoms with Gasteiger partial charge in [-0.15, -0.1) is 0 Å². The number of piperidine rings is 1. The van der Waals surface area contributed by atoms with Gasteiger partial charge >= 0.3 is 0 Å². The normalized spacial score (nSPS) is 17.0. The van der Waals surface area contributed by atoms with Gasteiger partial charge < -0.3 is 16.0 Å². The van der Waals surface area contributed by atoms with Crippen LogP contribution in [0.25, 0.3) is 0 Å². The van der Waals surface area contributed by atoms with Gasteiger partial charge in [-0.05, 0) is 31.0 Å². The number of aromatic nitrogens is 2. The average Bonchev–Trinajstić information content (AvgIpc) is 2.64. The quantitative estimate of drug-likeness (QED) is 0.840. The molecule has 3 rings (SSSR count). The van der Waals surface area contributed by atoms with Gasteiger partial charge in [0.05, 0.1) is 17.2 Å². The first kappa shape index (κ1) is 17.7. The summed E-state index contributed by atoms with van der Waals surface area (Å²) in [6, 6.07) is 9.82. The minimum atomic E-state index is -0.583. The van der Waals surface area contributed by atoms with Gasteiger partial charge in [-0.3, -0.25) is 14.4 Å². The fraction of sp³-hybridized carbons (Fsp3) is 0.333. The smallest absolute Gasteiger partial charge is 0.266 e. The molecule has 136 valence electrons. The van der Waals surface area contributed by atoms with Crippen LogP contribution in [0.1, 0.15) is 23.2 Å². The number of aryl methyl sites for hydroxylation is 1. The van der Waals surface area contributed by atoms with Gasteiger partial charge in [0.25, 0.3) is 11.5 Å². The second-order valence-corrected chi connectivity index (χ2v) is 6.34. The van der Waals surface area contributed by atoms with Crippen LogP contribution in [0, 0.1) is 5.92 Å². The van der Waals surface area contributed by atoms with Crippen LogP contribution in [0.15, 0.2) is 41.2 Å². The standard InChI is InChI=1S/C18H21N5O3/c1-22-16(24)9-8-15(21-22)23-10-4-5-12(11-23)18(26)20-14-7-3-2-6-13(14)17(19)25/h2-3,6-9,12H,4-5,10-11H2,1H3,(H2,19,25)(H,20,26). The van der Waals surface area contributed by atoms with Crippen molar-refractivity contribution in [3.8, 4) is 0 Å².